The molecule has 1 aromatic carbocycles. The zero-order valence-electron chi connectivity index (χ0n) is 9.63. The maximum atomic E-state index is 5.47. The molecule has 0 amide bonds. The van der Waals surface area contributed by atoms with Crippen molar-refractivity contribution in [2.75, 3.05) is 17.2 Å². The Balaban J connectivity index is 2.06. The number of hydrogen-bond acceptors (Lipinski definition) is 5. The third-order valence-corrected chi connectivity index (χ3v) is 3.01. The van der Waals surface area contributed by atoms with Gasteiger partial charge in [0.2, 0.25) is 0 Å². The number of anilines is 3. The Morgan fingerprint density at radius 3 is 2.94 bits per heavy atom. The minimum atomic E-state index is 0.107. The Hall–Kier alpha value is -2.04. The molecule has 88 valence electrons. The second-order valence-electron chi connectivity index (χ2n) is 4.47. The minimum Gasteiger partial charge on any atom is -0.389 e. The van der Waals surface area contributed by atoms with Gasteiger partial charge in [-0.15, -0.1) is 0 Å². The largest absolute Gasteiger partial charge is 0.389 e. The SMILES string of the molecule is CC1Cc2ccccc2N(c2nnc(N)o2)C1. The number of nitrogens with two attached hydrogens (primary N) is 1. The van der Waals surface area contributed by atoms with E-state index in [0.717, 1.165) is 18.7 Å². The summed E-state index contributed by atoms with van der Waals surface area (Å²) in [5.74, 6) is 0.554. The van der Waals surface area contributed by atoms with Crippen molar-refractivity contribution in [2.24, 2.45) is 5.92 Å². The monoisotopic (exact) mass is 230 g/mol. The molecule has 0 radical (unpaired) electrons. The van der Waals surface area contributed by atoms with Gasteiger partial charge in [-0.2, -0.15) is 0 Å². The fraction of sp³-hybridized carbons (Fsp3) is 0.333. The van der Waals surface area contributed by atoms with E-state index in [2.05, 4.69) is 35.3 Å². The molecule has 3 rings (SSSR count). The van der Waals surface area contributed by atoms with E-state index in [9.17, 15) is 0 Å². The van der Waals surface area contributed by atoms with Crippen LogP contribution in [0.3, 0.4) is 0 Å². The Morgan fingerprint density at radius 1 is 1.35 bits per heavy atom. The summed E-state index contributed by atoms with van der Waals surface area (Å²) in [5, 5.41) is 7.67. The molecule has 2 N–H and O–H groups in total. The molecule has 0 saturated carbocycles. The molecule has 1 aliphatic rings. The maximum absolute atomic E-state index is 5.47. The van der Waals surface area contributed by atoms with E-state index in [0.29, 0.717) is 11.9 Å². The first kappa shape index (κ1) is 10.1. The normalized spacial score (nSPS) is 19.1. The summed E-state index contributed by atoms with van der Waals surface area (Å²) in [4.78, 5) is 2.03. The predicted octanol–water partition coefficient (Wildman–Crippen LogP) is 1.98. The van der Waals surface area contributed by atoms with E-state index in [-0.39, 0.29) is 6.01 Å². The lowest BCUT2D eigenvalue weighted by atomic mass is 9.94. The van der Waals surface area contributed by atoms with Crippen LogP contribution in [0.15, 0.2) is 28.7 Å². The predicted molar refractivity (Wildman–Crippen MR) is 65.0 cm³/mol. The molecule has 1 atom stereocenters. The van der Waals surface area contributed by atoms with Crippen molar-refractivity contribution < 1.29 is 4.42 Å². The van der Waals surface area contributed by atoms with Crippen molar-refractivity contribution in [1.29, 1.82) is 0 Å². The molecule has 1 unspecified atom stereocenters. The van der Waals surface area contributed by atoms with Crippen LogP contribution in [0.5, 0.6) is 0 Å². The summed E-state index contributed by atoms with van der Waals surface area (Å²) >= 11 is 0. The average Bonchev–Trinajstić information content (AvgIpc) is 2.74. The van der Waals surface area contributed by atoms with Crippen LogP contribution >= 0.6 is 0 Å². The summed E-state index contributed by atoms with van der Waals surface area (Å²) in [6.07, 6.45) is 1.08. The van der Waals surface area contributed by atoms with Crippen LogP contribution in [0.25, 0.3) is 0 Å². The van der Waals surface area contributed by atoms with Crippen molar-refractivity contribution in [3.05, 3.63) is 29.8 Å². The van der Waals surface area contributed by atoms with Gasteiger partial charge in [-0.05, 0) is 24.0 Å². The summed E-state index contributed by atoms with van der Waals surface area (Å²) in [5.41, 5.74) is 7.91. The van der Waals surface area contributed by atoms with Crippen molar-refractivity contribution in [3.63, 3.8) is 0 Å². The molecular formula is C12H14N4O. The van der Waals surface area contributed by atoms with Crippen LogP contribution < -0.4 is 10.6 Å². The second-order valence-corrected chi connectivity index (χ2v) is 4.47. The maximum Gasteiger partial charge on any atom is 0.324 e. The molecule has 0 fully saturated rings. The highest BCUT2D eigenvalue weighted by molar-refractivity contribution is 5.62. The molecule has 5 nitrogen and oxygen atoms in total. The van der Waals surface area contributed by atoms with Crippen LogP contribution in [0.1, 0.15) is 12.5 Å². The van der Waals surface area contributed by atoms with Gasteiger partial charge in [0.15, 0.2) is 0 Å². The van der Waals surface area contributed by atoms with Gasteiger partial charge in [-0.25, -0.2) is 0 Å². The first-order valence-corrected chi connectivity index (χ1v) is 5.68. The highest BCUT2D eigenvalue weighted by atomic mass is 16.4. The molecule has 1 aliphatic heterocycles. The molecule has 2 heterocycles. The summed E-state index contributed by atoms with van der Waals surface area (Å²) in [6, 6.07) is 8.86. The quantitative estimate of drug-likeness (QED) is 0.811. The number of rotatable bonds is 1. The lowest BCUT2D eigenvalue weighted by Gasteiger charge is -2.31. The minimum absolute atomic E-state index is 0.107. The molecule has 2 aromatic rings. The summed E-state index contributed by atoms with van der Waals surface area (Å²) in [6.45, 7) is 3.08. The average molecular weight is 230 g/mol. The molecule has 5 heteroatoms. The second kappa shape index (κ2) is 3.76. The Labute approximate surface area is 99.2 Å². The Kier molecular flexibility index (Phi) is 2.24. The van der Waals surface area contributed by atoms with Gasteiger partial charge in [0.1, 0.15) is 0 Å². The van der Waals surface area contributed by atoms with Crippen molar-refractivity contribution in [1.82, 2.24) is 10.2 Å². The van der Waals surface area contributed by atoms with Gasteiger partial charge < -0.3 is 10.2 Å². The molecule has 0 saturated heterocycles. The Bertz CT molecular complexity index is 537. The molecule has 0 bridgehead atoms. The van der Waals surface area contributed by atoms with Gasteiger partial charge in [0.25, 0.3) is 0 Å². The number of hydrogen-bond donors (Lipinski definition) is 1. The lowest BCUT2D eigenvalue weighted by Crippen LogP contribution is -2.30. The molecule has 0 spiro atoms. The van der Waals surface area contributed by atoms with Crippen molar-refractivity contribution in [2.45, 2.75) is 13.3 Å². The van der Waals surface area contributed by atoms with E-state index in [1.54, 1.807) is 0 Å². The number of fused-ring (bicyclic) bond motifs is 1. The molecule has 1 aromatic heterocycles. The Morgan fingerprint density at radius 2 is 2.18 bits per heavy atom. The fourth-order valence-corrected chi connectivity index (χ4v) is 2.31. The number of para-hydroxylation sites is 1. The van der Waals surface area contributed by atoms with E-state index >= 15 is 0 Å². The number of nitrogen functional groups attached to an aromatic ring is 1. The van der Waals surface area contributed by atoms with E-state index < -0.39 is 0 Å². The fourth-order valence-electron chi connectivity index (χ4n) is 2.31. The van der Waals surface area contributed by atoms with Gasteiger partial charge >= 0.3 is 12.0 Å². The summed E-state index contributed by atoms with van der Waals surface area (Å²) < 4.78 is 5.31. The van der Waals surface area contributed by atoms with Gasteiger partial charge in [0.05, 0.1) is 0 Å². The highest BCUT2D eigenvalue weighted by Gasteiger charge is 2.25. The molecule has 17 heavy (non-hydrogen) atoms. The molecular weight excluding hydrogens is 216 g/mol. The lowest BCUT2D eigenvalue weighted by molar-refractivity contribution is 0.511. The standard InChI is InChI=1S/C12H14N4O/c1-8-6-9-4-2-3-5-10(9)16(7-8)12-15-14-11(13)17-12/h2-5,8H,6-7H2,1H3,(H2,13,14). The number of benzene rings is 1. The van der Waals surface area contributed by atoms with Crippen LogP contribution in [0.4, 0.5) is 17.7 Å². The van der Waals surface area contributed by atoms with Crippen LogP contribution in [0.2, 0.25) is 0 Å². The van der Waals surface area contributed by atoms with Gasteiger partial charge in [-0.1, -0.05) is 35.3 Å². The van der Waals surface area contributed by atoms with Gasteiger partial charge in [0, 0.05) is 12.2 Å². The number of nitrogens with zero attached hydrogens (tertiary/aromatic N) is 3. The zero-order valence-corrected chi connectivity index (χ0v) is 9.63. The van der Waals surface area contributed by atoms with Crippen LogP contribution in [0, 0.1) is 5.92 Å². The molecule has 0 aliphatic carbocycles. The smallest absolute Gasteiger partial charge is 0.324 e. The third-order valence-electron chi connectivity index (χ3n) is 3.01. The van der Waals surface area contributed by atoms with E-state index in [4.69, 9.17) is 10.2 Å². The number of aromatic nitrogens is 2. The zero-order chi connectivity index (χ0) is 11.8. The first-order chi connectivity index (χ1) is 8.24. The van der Waals surface area contributed by atoms with E-state index in [1.807, 2.05) is 11.0 Å². The van der Waals surface area contributed by atoms with Crippen molar-refractivity contribution >= 4 is 17.7 Å². The van der Waals surface area contributed by atoms with E-state index in [1.165, 1.54) is 5.56 Å². The van der Waals surface area contributed by atoms with Crippen LogP contribution in [-0.2, 0) is 6.42 Å². The van der Waals surface area contributed by atoms with Crippen molar-refractivity contribution in [3.8, 4) is 0 Å². The first-order valence-electron chi connectivity index (χ1n) is 5.68. The topological polar surface area (TPSA) is 68.2 Å². The van der Waals surface area contributed by atoms with Crippen LogP contribution in [-0.4, -0.2) is 16.7 Å². The highest BCUT2D eigenvalue weighted by Crippen LogP contribution is 2.34. The van der Waals surface area contributed by atoms with Gasteiger partial charge in [-0.3, -0.25) is 4.90 Å². The third kappa shape index (κ3) is 1.73. The summed E-state index contributed by atoms with van der Waals surface area (Å²) in [7, 11) is 0.